The first-order valence-electron chi connectivity index (χ1n) is 3.66. The van der Waals surface area contributed by atoms with Crippen LogP contribution in [0.2, 0.25) is 0 Å². The average molecular weight is 147 g/mol. The number of aliphatic hydroxyl groups is 1. The molecule has 0 aromatic heterocycles. The van der Waals surface area contributed by atoms with Crippen LogP contribution >= 0.6 is 0 Å². The lowest BCUT2D eigenvalue weighted by atomic mass is 10.3. The summed E-state index contributed by atoms with van der Waals surface area (Å²) in [6.45, 7) is 4.85. The number of hydrogen-bond donors (Lipinski definition) is 2. The van der Waals surface area contributed by atoms with Gasteiger partial charge in [0.15, 0.2) is 0 Å². The number of ether oxygens (including phenoxy) is 1. The molecule has 0 fully saturated rings. The van der Waals surface area contributed by atoms with Crippen LogP contribution < -0.4 is 5.73 Å². The molecule has 0 saturated carbocycles. The van der Waals surface area contributed by atoms with Crippen molar-refractivity contribution in [3.63, 3.8) is 0 Å². The van der Waals surface area contributed by atoms with Crippen molar-refractivity contribution in [3.05, 3.63) is 0 Å². The minimum atomic E-state index is -0.404. The lowest BCUT2D eigenvalue weighted by Crippen LogP contribution is -2.22. The molecular formula is C7H17NO2. The average Bonchev–Trinajstić information content (AvgIpc) is 1.87. The van der Waals surface area contributed by atoms with Gasteiger partial charge in [0.05, 0.1) is 12.2 Å². The topological polar surface area (TPSA) is 55.5 Å². The van der Waals surface area contributed by atoms with E-state index in [0.29, 0.717) is 19.6 Å². The van der Waals surface area contributed by atoms with E-state index in [1.54, 1.807) is 0 Å². The van der Waals surface area contributed by atoms with Gasteiger partial charge in [-0.15, -0.1) is 0 Å². The Kier molecular flexibility index (Phi) is 5.58. The van der Waals surface area contributed by atoms with Crippen LogP contribution in [0.25, 0.3) is 0 Å². The van der Waals surface area contributed by atoms with Crippen LogP contribution in [0.15, 0.2) is 0 Å². The van der Waals surface area contributed by atoms with Crippen molar-refractivity contribution in [1.29, 1.82) is 0 Å². The highest BCUT2D eigenvalue weighted by Gasteiger charge is 2.00. The molecule has 3 heteroatoms. The van der Waals surface area contributed by atoms with E-state index >= 15 is 0 Å². The van der Waals surface area contributed by atoms with Crippen molar-refractivity contribution in [2.24, 2.45) is 5.73 Å². The first-order valence-corrected chi connectivity index (χ1v) is 3.66. The molecule has 10 heavy (non-hydrogen) atoms. The lowest BCUT2D eigenvalue weighted by molar-refractivity contribution is 0.0490. The van der Waals surface area contributed by atoms with Gasteiger partial charge in [-0.1, -0.05) is 0 Å². The predicted molar refractivity (Wildman–Crippen MR) is 40.8 cm³/mol. The second-order valence-corrected chi connectivity index (χ2v) is 2.60. The molecule has 3 nitrogen and oxygen atoms in total. The van der Waals surface area contributed by atoms with Crippen molar-refractivity contribution < 1.29 is 9.84 Å². The fraction of sp³-hybridized carbons (Fsp3) is 1.00. The summed E-state index contributed by atoms with van der Waals surface area (Å²) < 4.78 is 5.20. The fourth-order valence-corrected chi connectivity index (χ4v) is 0.558. The van der Waals surface area contributed by atoms with E-state index in [1.807, 2.05) is 13.8 Å². The Hall–Kier alpha value is -0.120. The van der Waals surface area contributed by atoms with Crippen LogP contribution in [0.4, 0.5) is 0 Å². The van der Waals surface area contributed by atoms with Gasteiger partial charge in [-0.2, -0.15) is 0 Å². The molecule has 1 unspecified atom stereocenters. The Labute approximate surface area is 62.2 Å². The van der Waals surface area contributed by atoms with Crippen molar-refractivity contribution in [2.45, 2.75) is 32.5 Å². The molecule has 0 aliphatic carbocycles. The molecule has 0 spiro atoms. The minimum Gasteiger partial charge on any atom is -0.392 e. The Balaban J connectivity index is 3.03. The smallest absolute Gasteiger partial charge is 0.0684 e. The number of aliphatic hydroxyl groups excluding tert-OH is 1. The largest absolute Gasteiger partial charge is 0.392 e. The van der Waals surface area contributed by atoms with Gasteiger partial charge in [0.25, 0.3) is 0 Å². The zero-order chi connectivity index (χ0) is 7.98. The standard InChI is InChI=1S/C7H17NO2/c1-6(2)10-4-3-7(9)5-8/h6-7,9H,3-5,8H2,1-2H3. The van der Waals surface area contributed by atoms with Gasteiger partial charge in [0.1, 0.15) is 0 Å². The van der Waals surface area contributed by atoms with Crippen molar-refractivity contribution in [2.75, 3.05) is 13.2 Å². The Morgan fingerprint density at radius 2 is 2.10 bits per heavy atom. The first-order chi connectivity index (χ1) is 4.66. The molecule has 0 amide bonds. The van der Waals surface area contributed by atoms with E-state index in [9.17, 15) is 0 Å². The molecule has 0 heterocycles. The highest BCUT2D eigenvalue weighted by molar-refractivity contribution is 4.54. The van der Waals surface area contributed by atoms with Crippen LogP contribution in [-0.4, -0.2) is 30.5 Å². The van der Waals surface area contributed by atoms with E-state index in [4.69, 9.17) is 15.6 Å². The number of hydrogen-bond acceptors (Lipinski definition) is 3. The van der Waals surface area contributed by atoms with Crippen LogP contribution in [0.5, 0.6) is 0 Å². The summed E-state index contributed by atoms with van der Waals surface area (Å²) >= 11 is 0. The number of nitrogens with two attached hydrogens (primary N) is 1. The third-order valence-electron chi connectivity index (χ3n) is 1.17. The summed E-state index contributed by atoms with van der Waals surface area (Å²) in [4.78, 5) is 0. The van der Waals surface area contributed by atoms with Crippen LogP contribution in [0, 0.1) is 0 Å². The Morgan fingerprint density at radius 1 is 1.50 bits per heavy atom. The van der Waals surface area contributed by atoms with Gasteiger partial charge >= 0.3 is 0 Å². The maximum atomic E-state index is 8.97. The maximum absolute atomic E-state index is 8.97. The zero-order valence-corrected chi connectivity index (χ0v) is 6.71. The molecular weight excluding hydrogens is 130 g/mol. The molecule has 0 aliphatic rings. The summed E-state index contributed by atoms with van der Waals surface area (Å²) in [5, 5.41) is 8.97. The molecule has 0 saturated heterocycles. The van der Waals surface area contributed by atoms with Gasteiger partial charge in [0, 0.05) is 13.2 Å². The molecule has 0 aliphatic heterocycles. The second-order valence-electron chi connectivity index (χ2n) is 2.60. The maximum Gasteiger partial charge on any atom is 0.0684 e. The molecule has 1 atom stereocenters. The predicted octanol–water partition coefficient (Wildman–Crippen LogP) is 0.121. The first kappa shape index (κ1) is 9.88. The molecule has 0 rings (SSSR count). The zero-order valence-electron chi connectivity index (χ0n) is 6.71. The highest BCUT2D eigenvalue weighted by Crippen LogP contribution is 1.93. The van der Waals surface area contributed by atoms with E-state index in [0.717, 1.165) is 0 Å². The van der Waals surface area contributed by atoms with E-state index in [-0.39, 0.29) is 6.10 Å². The molecule has 0 radical (unpaired) electrons. The second kappa shape index (κ2) is 5.65. The van der Waals surface area contributed by atoms with Gasteiger partial charge in [-0.05, 0) is 20.3 Å². The Morgan fingerprint density at radius 3 is 2.50 bits per heavy atom. The monoisotopic (exact) mass is 147 g/mol. The van der Waals surface area contributed by atoms with Crippen molar-refractivity contribution in [3.8, 4) is 0 Å². The van der Waals surface area contributed by atoms with E-state index < -0.39 is 6.10 Å². The molecule has 0 aromatic carbocycles. The normalized spacial score (nSPS) is 14.1. The summed E-state index contributed by atoms with van der Waals surface area (Å²) in [6, 6.07) is 0. The summed E-state index contributed by atoms with van der Waals surface area (Å²) in [5.41, 5.74) is 5.18. The molecule has 0 aromatic rings. The fourth-order valence-electron chi connectivity index (χ4n) is 0.558. The van der Waals surface area contributed by atoms with Gasteiger partial charge < -0.3 is 15.6 Å². The van der Waals surface area contributed by atoms with Gasteiger partial charge in [-0.3, -0.25) is 0 Å². The van der Waals surface area contributed by atoms with E-state index in [2.05, 4.69) is 0 Å². The van der Waals surface area contributed by atoms with E-state index in [1.165, 1.54) is 0 Å². The van der Waals surface area contributed by atoms with Crippen LogP contribution in [0.1, 0.15) is 20.3 Å². The van der Waals surface area contributed by atoms with Crippen molar-refractivity contribution >= 4 is 0 Å². The Bertz CT molecular complexity index is 76.0. The molecule has 62 valence electrons. The third kappa shape index (κ3) is 6.01. The summed E-state index contributed by atoms with van der Waals surface area (Å²) in [5.74, 6) is 0. The highest BCUT2D eigenvalue weighted by atomic mass is 16.5. The SMILES string of the molecule is CC(C)OCCC(O)CN. The van der Waals surface area contributed by atoms with Crippen molar-refractivity contribution in [1.82, 2.24) is 0 Å². The summed E-state index contributed by atoms with van der Waals surface area (Å²) in [6.07, 6.45) is 0.470. The number of rotatable bonds is 5. The van der Waals surface area contributed by atoms with Crippen LogP contribution in [0.3, 0.4) is 0 Å². The summed E-state index contributed by atoms with van der Waals surface area (Å²) in [7, 11) is 0. The molecule has 0 bridgehead atoms. The van der Waals surface area contributed by atoms with Gasteiger partial charge in [-0.25, -0.2) is 0 Å². The quantitative estimate of drug-likeness (QED) is 0.580. The minimum absolute atomic E-state index is 0.241. The van der Waals surface area contributed by atoms with Gasteiger partial charge in [0.2, 0.25) is 0 Å². The van der Waals surface area contributed by atoms with Crippen LogP contribution in [-0.2, 0) is 4.74 Å². The third-order valence-corrected chi connectivity index (χ3v) is 1.17. The lowest BCUT2D eigenvalue weighted by Gasteiger charge is -2.09. The molecule has 3 N–H and O–H groups in total.